The first-order chi connectivity index (χ1) is 23.8. The molecule has 0 spiro atoms. The van der Waals surface area contributed by atoms with Gasteiger partial charge >= 0.3 is 12.1 Å². The predicted octanol–water partition coefficient (Wildman–Crippen LogP) is 4.38. The number of benzene rings is 3. The molecule has 12 nitrogen and oxygen atoms in total. The van der Waals surface area contributed by atoms with E-state index in [0.29, 0.717) is 12.1 Å². The maximum absolute atomic E-state index is 13.8. The van der Waals surface area contributed by atoms with Crippen LogP contribution in [0.5, 0.6) is 5.75 Å². The van der Waals surface area contributed by atoms with Gasteiger partial charge in [-0.1, -0.05) is 86.5 Å². The van der Waals surface area contributed by atoms with Crippen molar-refractivity contribution >= 4 is 29.8 Å². The van der Waals surface area contributed by atoms with Crippen molar-refractivity contribution in [1.82, 2.24) is 16.0 Å². The summed E-state index contributed by atoms with van der Waals surface area (Å²) in [5, 5.41) is 8.36. The molecule has 0 aromatic heterocycles. The monoisotopic (exact) mass is 688 g/mol. The van der Waals surface area contributed by atoms with Gasteiger partial charge in [0.1, 0.15) is 35.6 Å². The normalized spacial score (nSPS) is 12.2. The van der Waals surface area contributed by atoms with E-state index in [0.717, 1.165) is 30.4 Å². The van der Waals surface area contributed by atoms with Crippen molar-refractivity contribution in [2.24, 2.45) is 5.73 Å². The molecule has 0 unspecified atom stereocenters. The Kier molecular flexibility index (Phi) is 15.3. The molecule has 0 radical (unpaired) electrons. The Bertz CT molecular complexity index is 1570. The van der Waals surface area contributed by atoms with E-state index in [4.69, 9.17) is 19.9 Å². The Hall–Kier alpha value is -5.39. The molecule has 0 bridgehead atoms. The largest absolute Gasteiger partial charge is 0.483 e. The number of amides is 4. The average molecular weight is 689 g/mol. The fourth-order valence-electron chi connectivity index (χ4n) is 4.88. The minimum Gasteiger partial charge on any atom is -0.483 e. The topological polar surface area (TPSA) is 175 Å². The van der Waals surface area contributed by atoms with Gasteiger partial charge in [0, 0.05) is 19.4 Å². The van der Waals surface area contributed by atoms with Crippen LogP contribution >= 0.6 is 0 Å². The van der Waals surface area contributed by atoms with Gasteiger partial charge in [-0.2, -0.15) is 0 Å². The lowest BCUT2D eigenvalue weighted by molar-refractivity contribution is -0.130. The van der Waals surface area contributed by atoms with Gasteiger partial charge in [-0.05, 0) is 56.0 Å². The molecule has 4 amide bonds. The zero-order chi connectivity index (χ0) is 36.5. The number of nitrogens with two attached hydrogens (primary N) is 1. The molecule has 268 valence electrons. The Morgan fingerprint density at radius 1 is 0.760 bits per heavy atom. The summed E-state index contributed by atoms with van der Waals surface area (Å²) in [6.45, 7) is 7.12. The summed E-state index contributed by atoms with van der Waals surface area (Å²) in [5.41, 5.74) is 6.54. The lowest BCUT2D eigenvalue weighted by Crippen LogP contribution is -2.55. The van der Waals surface area contributed by atoms with Crippen molar-refractivity contribution in [3.8, 4) is 5.75 Å². The molecule has 0 aliphatic carbocycles. The third-order valence-electron chi connectivity index (χ3n) is 7.29. The van der Waals surface area contributed by atoms with E-state index < -0.39 is 54.1 Å². The summed E-state index contributed by atoms with van der Waals surface area (Å²) in [6.07, 6.45) is 1.96. The summed E-state index contributed by atoms with van der Waals surface area (Å²) in [7, 11) is 0. The first kappa shape index (κ1) is 39.1. The minimum absolute atomic E-state index is 0.00847. The molecule has 0 aliphatic rings. The lowest BCUT2D eigenvalue weighted by Gasteiger charge is -2.25. The standard InChI is InChI=1S/C38H48N4O8/c1-5-6-13-20-40-34(44)30(41-35(45)31(22-26-14-9-7-10-15-26)42-37(47)50-38(2,3)4)23-28-18-19-32(48-25-33(39)43)29(21-28)36(46)49-24-27-16-11-8-12-17-27/h7-12,14-19,21,30-31H,5-6,13,20,22-25H2,1-4H3,(H2,39,43)(H,40,44)(H,41,45)(H,42,47)/t30-,31-/m0/s1. The Morgan fingerprint density at radius 3 is 2.00 bits per heavy atom. The molecular formula is C38H48N4O8. The quantitative estimate of drug-likeness (QED) is 0.113. The summed E-state index contributed by atoms with van der Waals surface area (Å²) in [6, 6.07) is 20.7. The van der Waals surface area contributed by atoms with Gasteiger partial charge in [0.15, 0.2) is 6.61 Å². The third kappa shape index (κ3) is 14.0. The Morgan fingerprint density at radius 2 is 1.38 bits per heavy atom. The average Bonchev–Trinajstić information content (AvgIpc) is 3.07. The van der Waals surface area contributed by atoms with Crippen LogP contribution in [0.1, 0.15) is 74.0 Å². The van der Waals surface area contributed by atoms with Crippen LogP contribution in [0.4, 0.5) is 4.79 Å². The molecule has 12 heteroatoms. The van der Waals surface area contributed by atoms with Crippen molar-refractivity contribution in [1.29, 1.82) is 0 Å². The van der Waals surface area contributed by atoms with Crippen molar-refractivity contribution in [3.63, 3.8) is 0 Å². The van der Waals surface area contributed by atoms with Crippen LogP contribution in [0.3, 0.4) is 0 Å². The highest BCUT2D eigenvalue weighted by Gasteiger charge is 2.29. The fourth-order valence-corrected chi connectivity index (χ4v) is 4.88. The van der Waals surface area contributed by atoms with E-state index in [-0.39, 0.29) is 30.8 Å². The molecule has 0 fully saturated rings. The maximum Gasteiger partial charge on any atom is 0.408 e. The van der Waals surface area contributed by atoms with Crippen molar-refractivity contribution in [3.05, 3.63) is 101 Å². The number of ether oxygens (including phenoxy) is 3. The van der Waals surface area contributed by atoms with Crippen LogP contribution < -0.4 is 26.4 Å². The molecule has 2 atom stereocenters. The highest BCUT2D eigenvalue weighted by atomic mass is 16.6. The zero-order valence-electron chi connectivity index (χ0n) is 29.2. The fraction of sp³-hybridized carbons (Fsp3) is 0.395. The molecule has 3 rings (SSSR count). The SMILES string of the molecule is CCCCCNC(=O)[C@H](Cc1ccc(OCC(N)=O)c(C(=O)OCc2ccccc2)c1)NC(=O)[C@H](Cc1ccccc1)NC(=O)OC(C)(C)C. The van der Waals surface area contributed by atoms with Gasteiger partial charge in [0.05, 0.1) is 0 Å². The molecule has 3 aromatic rings. The van der Waals surface area contributed by atoms with Gasteiger partial charge in [-0.3, -0.25) is 14.4 Å². The second kappa shape index (κ2) is 19.6. The predicted molar refractivity (Wildman–Crippen MR) is 188 cm³/mol. The van der Waals surface area contributed by atoms with E-state index in [1.807, 2.05) is 60.7 Å². The number of esters is 1. The highest BCUT2D eigenvalue weighted by Crippen LogP contribution is 2.23. The number of carbonyl (C=O) groups excluding carboxylic acids is 5. The number of unbranched alkanes of at least 4 members (excludes halogenated alkanes) is 2. The van der Waals surface area contributed by atoms with E-state index >= 15 is 0 Å². The van der Waals surface area contributed by atoms with Crippen LogP contribution in [0.2, 0.25) is 0 Å². The molecule has 50 heavy (non-hydrogen) atoms. The number of hydrogen-bond acceptors (Lipinski definition) is 8. The van der Waals surface area contributed by atoms with E-state index in [9.17, 15) is 24.0 Å². The molecule has 0 saturated heterocycles. The summed E-state index contributed by atoms with van der Waals surface area (Å²) in [5.74, 6) is -2.42. The summed E-state index contributed by atoms with van der Waals surface area (Å²) in [4.78, 5) is 64.9. The lowest BCUT2D eigenvalue weighted by atomic mass is 10.0. The van der Waals surface area contributed by atoms with Crippen molar-refractivity contribution in [2.45, 2.75) is 84.1 Å². The molecule has 0 saturated carbocycles. The smallest absolute Gasteiger partial charge is 0.408 e. The Labute approximate surface area is 293 Å². The van der Waals surface area contributed by atoms with E-state index in [1.54, 1.807) is 26.8 Å². The van der Waals surface area contributed by atoms with Crippen LogP contribution in [0.15, 0.2) is 78.9 Å². The van der Waals surface area contributed by atoms with Gasteiger partial charge in [-0.15, -0.1) is 0 Å². The van der Waals surface area contributed by atoms with Crippen LogP contribution in [-0.4, -0.2) is 60.6 Å². The van der Waals surface area contributed by atoms with Crippen LogP contribution in [0, 0.1) is 0 Å². The van der Waals surface area contributed by atoms with Gasteiger partial charge in [0.2, 0.25) is 11.8 Å². The summed E-state index contributed by atoms with van der Waals surface area (Å²) < 4.78 is 16.5. The molecule has 5 N–H and O–H groups in total. The number of alkyl carbamates (subject to hydrolysis) is 1. The first-order valence-electron chi connectivity index (χ1n) is 16.7. The molecule has 0 aliphatic heterocycles. The Balaban J connectivity index is 1.90. The molecular weight excluding hydrogens is 640 g/mol. The maximum atomic E-state index is 13.8. The van der Waals surface area contributed by atoms with Gasteiger partial charge in [0.25, 0.3) is 5.91 Å². The zero-order valence-corrected chi connectivity index (χ0v) is 29.2. The molecule has 3 aromatic carbocycles. The number of carbonyl (C=O) groups is 5. The van der Waals surface area contributed by atoms with Gasteiger partial charge in [-0.25, -0.2) is 9.59 Å². The van der Waals surface area contributed by atoms with Crippen molar-refractivity contribution in [2.75, 3.05) is 13.2 Å². The van der Waals surface area contributed by atoms with Crippen molar-refractivity contribution < 1.29 is 38.2 Å². The summed E-state index contributed by atoms with van der Waals surface area (Å²) >= 11 is 0. The third-order valence-corrected chi connectivity index (χ3v) is 7.29. The first-order valence-corrected chi connectivity index (χ1v) is 16.7. The van der Waals surface area contributed by atoms with Crippen LogP contribution in [-0.2, 0) is 43.3 Å². The minimum atomic E-state index is -1.09. The second-order valence-electron chi connectivity index (χ2n) is 12.8. The number of nitrogens with one attached hydrogen (secondary N) is 3. The number of hydrogen-bond donors (Lipinski definition) is 4. The number of primary amides is 1. The highest BCUT2D eigenvalue weighted by molar-refractivity contribution is 5.94. The second-order valence-corrected chi connectivity index (χ2v) is 12.8. The molecule has 0 heterocycles. The van der Waals surface area contributed by atoms with E-state index in [2.05, 4.69) is 22.9 Å². The number of rotatable bonds is 18. The van der Waals surface area contributed by atoms with E-state index in [1.165, 1.54) is 12.1 Å². The van der Waals surface area contributed by atoms with Gasteiger partial charge < -0.3 is 35.9 Å². The van der Waals surface area contributed by atoms with Crippen LogP contribution in [0.25, 0.3) is 0 Å².